The molecule has 0 unspecified atom stereocenters. The van der Waals surface area contributed by atoms with Crippen LogP contribution in [0.15, 0.2) is 48.5 Å². The van der Waals surface area contributed by atoms with Crippen molar-refractivity contribution in [1.29, 1.82) is 0 Å². The summed E-state index contributed by atoms with van der Waals surface area (Å²) in [6.07, 6.45) is 1.93. The van der Waals surface area contributed by atoms with Crippen molar-refractivity contribution in [3.05, 3.63) is 69.5 Å². The van der Waals surface area contributed by atoms with Gasteiger partial charge in [-0.3, -0.25) is 0 Å². The van der Waals surface area contributed by atoms with Gasteiger partial charge in [0.05, 0.1) is 10.7 Å². The zero-order valence-corrected chi connectivity index (χ0v) is 13.8. The maximum Gasteiger partial charge on any atom is 0.0979 e. The molecule has 3 rings (SSSR count). The quantitative estimate of drug-likeness (QED) is 0.699. The molecule has 2 nitrogen and oxygen atoms in total. The molecule has 0 saturated carbocycles. The Hall–Kier alpha value is -2.13. The van der Waals surface area contributed by atoms with Gasteiger partial charge in [0.15, 0.2) is 0 Å². The molecule has 1 aromatic heterocycles. The maximum absolute atomic E-state index is 5.73. The Morgan fingerprint density at radius 3 is 2.23 bits per heavy atom. The van der Waals surface area contributed by atoms with E-state index in [1.165, 1.54) is 21.6 Å². The predicted octanol–water partition coefficient (Wildman–Crippen LogP) is 4.85. The van der Waals surface area contributed by atoms with Crippen molar-refractivity contribution in [2.75, 3.05) is 5.73 Å². The number of rotatable bonds is 4. The highest BCUT2D eigenvalue weighted by Gasteiger charge is 2.10. The second kappa shape index (κ2) is 6.32. The van der Waals surface area contributed by atoms with Gasteiger partial charge >= 0.3 is 0 Å². The van der Waals surface area contributed by atoms with Crippen molar-refractivity contribution in [3.63, 3.8) is 0 Å². The van der Waals surface area contributed by atoms with Gasteiger partial charge in [-0.25, -0.2) is 4.98 Å². The molecule has 0 spiro atoms. The van der Waals surface area contributed by atoms with Gasteiger partial charge in [0.25, 0.3) is 0 Å². The van der Waals surface area contributed by atoms with Crippen LogP contribution in [-0.2, 0) is 12.8 Å². The fourth-order valence-corrected chi connectivity index (χ4v) is 3.49. The molecule has 0 bridgehead atoms. The highest BCUT2D eigenvalue weighted by atomic mass is 32.1. The van der Waals surface area contributed by atoms with Gasteiger partial charge < -0.3 is 5.73 Å². The first-order valence-electron chi connectivity index (χ1n) is 7.55. The molecule has 0 aliphatic carbocycles. The smallest absolute Gasteiger partial charge is 0.0979 e. The van der Waals surface area contributed by atoms with E-state index >= 15 is 0 Å². The van der Waals surface area contributed by atoms with E-state index in [2.05, 4.69) is 50.2 Å². The van der Waals surface area contributed by atoms with E-state index in [4.69, 9.17) is 10.7 Å². The lowest BCUT2D eigenvalue weighted by Gasteiger charge is -2.01. The van der Waals surface area contributed by atoms with Crippen LogP contribution < -0.4 is 5.73 Å². The summed E-state index contributed by atoms with van der Waals surface area (Å²) in [7, 11) is 0. The zero-order valence-electron chi connectivity index (χ0n) is 13.0. The monoisotopic (exact) mass is 308 g/mol. The lowest BCUT2D eigenvalue weighted by molar-refractivity contribution is 1.13. The Morgan fingerprint density at radius 2 is 1.59 bits per heavy atom. The number of nitrogens with two attached hydrogens (primary N) is 1. The van der Waals surface area contributed by atoms with Crippen molar-refractivity contribution in [3.8, 4) is 11.3 Å². The Bertz CT molecular complexity index is 755. The van der Waals surface area contributed by atoms with E-state index in [9.17, 15) is 0 Å². The lowest BCUT2D eigenvalue weighted by Crippen LogP contribution is -1.89. The van der Waals surface area contributed by atoms with Gasteiger partial charge in [-0.1, -0.05) is 43.3 Å². The molecule has 0 aliphatic rings. The van der Waals surface area contributed by atoms with Crippen LogP contribution in [0.2, 0.25) is 0 Å². The van der Waals surface area contributed by atoms with Crippen LogP contribution in [0, 0.1) is 6.92 Å². The molecule has 0 atom stereocenters. The molecular weight excluding hydrogens is 288 g/mol. The molecule has 22 heavy (non-hydrogen) atoms. The lowest BCUT2D eigenvalue weighted by atomic mass is 10.1. The third-order valence-electron chi connectivity index (χ3n) is 3.81. The zero-order chi connectivity index (χ0) is 15.5. The number of aromatic nitrogens is 1. The number of aryl methyl sites for hydroxylation is 2. The predicted molar refractivity (Wildman–Crippen MR) is 95.3 cm³/mol. The summed E-state index contributed by atoms with van der Waals surface area (Å²) in [5.74, 6) is 0. The number of hydrogen-bond donors (Lipinski definition) is 1. The molecule has 2 aromatic carbocycles. The molecule has 0 amide bonds. The van der Waals surface area contributed by atoms with E-state index in [1.807, 2.05) is 12.1 Å². The second-order valence-electron chi connectivity index (χ2n) is 5.48. The summed E-state index contributed by atoms with van der Waals surface area (Å²) in [4.78, 5) is 6.11. The molecule has 2 N–H and O–H groups in total. The molecule has 3 aromatic rings. The first-order valence-corrected chi connectivity index (χ1v) is 8.37. The van der Waals surface area contributed by atoms with Crippen LogP contribution in [0.5, 0.6) is 0 Å². The summed E-state index contributed by atoms with van der Waals surface area (Å²) in [6.45, 7) is 4.32. The standard InChI is InChI=1S/C19H20N2S/c1-3-14-4-8-16(9-5-14)19-13(2)22-18(21-19)12-15-6-10-17(20)11-7-15/h4-11H,3,12,20H2,1-2H3. The summed E-state index contributed by atoms with van der Waals surface area (Å²) >= 11 is 1.78. The largest absolute Gasteiger partial charge is 0.399 e. The fourth-order valence-electron chi connectivity index (χ4n) is 2.50. The molecule has 0 saturated heterocycles. The molecule has 112 valence electrons. The third-order valence-corrected chi connectivity index (χ3v) is 4.78. The number of nitrogens with zero attached hydrogens (tertiary/aromatic N) is 1. The molecule has 0 radical (unpaired) electrons. The number of hydrogen-bond acceptors (Lipinski definition) is 3. The summed E-state index contributed by atoms with van der Waals surface area (Å²) in [6, 6.07) is 16.8. The topological polar surface area (TPSA) is 38.9 Å². The summed E-state index contributed by atoms with van der Waals surface area (Å²) in [5, 5.41) is 1.15. The van der Waals surface area contributed by atoms with E-state index in [0.29, 0.717) is 0 Å². The van der Waals surface area contributed by atoms with E-state index in [0.717, 1.165) is 29.2 Å². The molecule has 0 aliphatic heterocycles. The minimum Gasteiger partial charge on any atom is -0.399 e. The SMILES string of the molecule is CCc1ccc(-c2nc(Cc3ccc(N)cc3)sc2C)cc1. The van der Waals surface area contributed by atoms with E-state index < -0.39 is 0 Å². The number of thiazole rings is 1. The molecule has 0 fully saturated rings. The van der Waals surface area contributed by atoms with Crippen molar-refractivity contribution in [1.82, 2.24) is 4.98 Å². The molecule has 1 heterocycles. The highest BCUT2D eigenvalue weighted by Crippen LogP contribution is 2.29. The summed E-state index contributed by atoms with van der Waals surface area (Å²) in [5.41, 5.74) is 11.5. The van der Waals surface area contributed by atoms with Gasteiger partial charge in [-0.15, -0.1) is 11.3 Å². The van der Waals surface area contributed by atoms with Crippen LogP contribution >= 0.6 is 11.3 Å². The van der Waals surface area contributed by atoms with Crippen molar-refractivity contribution < 1.29 is 0 Å². The van der Waals surface area contributed by atoms with Gasteiger partial charge in [-0.2, -0.15) is 0 Å². The molecular formula is C19H20N2S. The van der Waals surface area contributed by atoms with Crippen LogP contribution in [0.4, 0.5) is 5.69 Å². The van der Waals surface area contributed by atoms with E-state index in [-0.39, 0.29) is 0 Å². The van der Waals surface area contributed by atoms with Crippen LogP contribution in [0.1, 0.15) is 27.9 Å². The van der Waals surface area contributed by atoms with E-state index in [1.54, 1.807) is 11.3 Å². The third kappa shape index (κ3) is 3.20. The minimum absolute atomic E-state index is 0.802. The number of benzene rings is 2. The highest BCUT2D eigenvalue weighted by molar-refractivity contribution is 7.12. The van der Waals surface area contributed by atoms with Crippen molar-refractivity contribution in [2.45, 2.75) is 26.7 Å². The maximum atomic E-state index is 5.73. The average molecular weight is 308 g/mol. The Kier molecular flexibility index (Phi) is 4.25. The van der Waals surface area contributed by atoms with Crippen LogP contribution in [0.25, 0.3) is 11.3 Å². The van der Waals surface area contributed by atoms with Crippen molar-refractivity contribution >= 4 is 17.0 Å². The Labute approximate surface area is 135 Å². The number of anilines is 1. The summed E-state index contributed by atoms with van der Waals surface area (Å²) < 4.78 is 0. The molecule has 3 heteroatoms. The van der Waals surface area contributed by atoms with Crippen molar-refractivity contribution in [2.24, 2.45) is 0 Å². The Morgan fingerprint density at radius 1 is 0.955 bits per heavy atom. The number of nitrogen functional groups attached to an aromatic ring is 1. The van der Waals surface area contributed by atoms with Gasteiger partial charge in [-0.05, 0) is 36.6 Å². The first-order chi connectivity index (χ1) is 10.7. The first kappa shape index (κ1) is 14.8. The normalized spacial score (nSPS) is 10.8. The van der Waals surface area contributed by atoms with Crippen LogP contribution in [-0.4, -0.2) is 4.98 Å². The second-order valence-corrected chi connectivity index (χ2v) is 6.77. The van der Waals surface area contributed by atoms with Crippen LogP contribution in [0.3, 0.4) is 0 Å². The van der Waals surface area contributed by atoms with Gasteiger partial charge in [0, 0.05) is 22.5 Å². The Balaban J connectivity index is 1.85. The van der Waals surface area contributed by atoms with Gasteiger partial charge in [0.2, 0.25) is 0 Å². The fraction of sp³-hybridized carbons (Fsp3) is 0.211. The minimum atomic E-state index is 0.802. The average Bonchev–Trinajstić information content (AvgIpc) is 2.90. The van der Waals surface area contributed by atoms with Gasteiger partial charge in [0.1, 0.15) is 0 Å².